The molecule has 450 valence electrons. The second-order valence-corrected chi connectivity index (χ2v) is 25.2. The van der Waals surface area contributed by atoms with E-state index in [1.807, 2.05) is 18.2 Å². The number of likely N-dealkylation sites (tertiary alicyclic amines) is 1. The summed E-state index contributed by atoms with van der Waals surface area (Å²) in [6, 6.07) is 23.5. The molecule has 1 aliphatic carbocycles. The number of halogens is 1. The molecule has 0 bridgehead atoms. The highest BCUT2D eigenvalue weighted by Gasteiger charge is 2.45. The number of piperazine rings is 1. The van der Waals surface area contributed by atoms with Gasteiger partial charge in [-0.1, -0.05) is 61.1 Å². The molecule has 11 rings (SSSR count). The van der Waals surface area contributed by atoms with Crippen molar-refractivity contribution in [2.24, 2.45) is 11.3 Å². The van der Waals surface area contributed by atoms with Crippen LogP contribution in [0.5, 0.6) is 11.5 Å². The maximum absolute atomic E-state index is 14.1. The van der Waals surface area contributed by atoms with E-state index in [1.54, 1.807) is 41.4 Å². The Balaban J connectivity index is 0.688. The van der Waals surface area contributed by atoms with Gasteiger partial charge < -0.3 is 29.6 Å². The van der Waals surface area contributed by atoms with E-state index in [1.165, 1.54) is 47.2 Å². The summed E-state index contributed by atoms with van der Waals surface area (Å²) in [5, 5.41) is 19.2. The van der Waals surface area contributed by atoms with Gasteiger partial charge in [-0.15, -0.1) is 0 Å². The Hall–Kier alpha value is -8.95. The van der Waals surface area contributed by atoms with Crippen molar-refractivity contribution >= 4 is 90.7 Å². The molecular formula is C63H63ClN10O12S. The van der Waals surface area contributed by atoms with Gasteiger partial charge in [0.15, 0.2) is 0 Å². The van der Waals surface area contributed by atoms with Crippen molar-refractivity contribution in [1.82, 2.24) is 34.7 Å². The predicted octanol–water partition coefficient (Wildman–Crippen LogP) is 7.94. The van der Waals surface area contributed by atoms with Crippen molar-refractivity contribution in [3.8, 4) is 23.3 Å². The lowest BCUT2D eigenvalue weighted by molar-refractivity contribution is -0.384. The lowest BCUT2D eigenvalue weighted by Gasteiger charge is -2.39. The largest absolute Gasteiger partial charge is 0.455 e. The summed E-state index contributed by atoms with van der Waals surface area (Å²) in [7, 11) is -4.69. The zero-order valence-electron chi connectivity index (χ0n) is 47.9. The number of aromatic nitrogens is 2. The third kappa shape index (κ3) is 13.4. The molecule has 0 saturated carbocycles. The van der Waals surface area contributed by atoms with Gasteiger partial charge in [0, 0.05) is 98.8 Å². The summed E-state index contributed by atoms with van der Waals surface area (Å²) in [5.41, 5.74) is 5.46. The molecule has 4 aliphatic heterocycles. The van der Waals surface area contributed by atoms with Gasteiger partial charge in [0.25, 0.3) is 33.4 Å². The first kappa shape index (κ1) is 59.8. The van der Waals surface area contributed by atoms with Crippen LogP contribution in [-0.2, 0) is 29.1 Å². The van der Waals surface area contributed by atoms with Gasteiger partial charge in [-0.05, 0) is 122 Å². The van der Waals surface area contributed by atoms with Crippen LogP contribution in [0.4, 0.5) is 17.1 Å². The number of nitro groups is 1. The van der Waals surface area contributed by atoms with E-state index in [4.69, 9.17) is 21.1 Å². The highest BCUT2D eigenvalue weighted by molar-refractivity contribution is 7.90. The first-order valence-electron chi connectivity index (χ1n) is 28.7. The summed E-state index contributed by atoms with van der Waals surface area (Å²) in [4.78, 5) is 104. The number of fused-ring (bicyclic) bond motifs is 2. The van der Waals surface area contributed by atoms with Gasteiger partial charge in [-0.25, -0.2) is 18.1 Å². The Morgan fingerprint density at radius 3 is 2.45 bits per heavy atom. The number of nitrogens with zero attached hydrogens (tertiary/aromatic N) is 6. The number of carbonyl (C=O) groups is 6. The minimum Gasteiger partial charge on any atom is -0.455 e. The maximum atomic E-state index is 14.1. The minimum absolute atomic E-state index is 0.00340. The number of hydrogen-bond acceptors (Lipinski definition) is 16. The smallest absolute Gasteiger partial charge is 0.293 e. The molecule has 6 heterocycles. The molecule has 24 heteroatoms. The van der Waals surface area contributed by atoms with Gasteiger partial charge in [-0.3, -0.25) is 54.0 Å². The molecule has 5 aliphatic rings. The first-order valence-corrected chi connectivity index (χ1v) is 30.6. The van der Waals surface area contributed by atoms with E-state index >= 15 is 0 Å². The zero-order valence-corrected chi connectivity index (χ0v) is 49.4. The Kier molecular flexibility index (Phi) is 17.3. The number of sulfonamides is 1. The van der Waals surface area contributed by atoms with E-state index in [9.17, 15) is 47.3 Å². The van der Waals surface area contributed by atoms with Crippen LogP contribution in [0.15, 0.2) is 114 Å². The van der Waals surface area contributed by atoms with Gasteiger partial charge in [-0.2, -0.15) is 0 Å². The standard InChI is InChI=1S/C63H63ClN10O12S/c1-63(2)22-18-43(50(34-63)40-8-10-44(64)11-9-40)37-70-26-28-71(29-27-70)45-12-14-48(54(32-45)86-46-31-42-19-23-65-58(42)67-36-46)59(77)69-87(83,84)47-13-15-51(53(33-47)74(81)82)66-35-39-20-24-72(25-21-39)56(76)38-85-30-4-6-41-5-3-7-49-57(41)62(80)73(61(49)79)52-16-17-55(75)68-60(52)78/h3,5,7-15,19,23,31-33,36,39,52,66H,16-18,20-22,24-30,34-35,37-38H2,1-2H3,(H,65,67)(H,69,77)(H,68,75,78). The fourth-order valence-corrected chi connectivity index (χ4v) is 13.0. The molecule has 87 heavy (non-hydrogen) atoms. The summed E-state index contributed by atoms with van der Waals surface area (Å²) < 4.78 is 41.9. The molecule has 0 spiro atoms. The monoisotopic (exact) mass is 1220 g/mol. The molecular weight excluding hydrogens is 1160 g/mol. The number of allylic oxidation sites excluding steroid dienone is 1. The molecule has 6 aromatic rings. The van der Waals surface area contributed by atoms with Crippen molar-refractivity contribution < 1.29 is 51.6 Å². The second kappa shape index (κ2) is 25.2. The van der Waals surface area contributed by atoms with Crippen LogP contribution in [0.25, 0.3) is 16.6 Å². The average Bonchev–Trinajstić information content (AvgIpc) is 1.93. The van der Waals surface area contributed by atoms with Crippen molar-refractivity contribution in [3.05, 3.63) is 152 Å². The number of anilines is 2. The number of benzene rings is 4. The number of nitrogens with one attached hydrogen (secondary N) is 4. The lowest BCUT2D eigenvalue weighted by Crippen LogP contribution is -2.54. The van der Waals surface area contributed by atoms with Crippen LogP contribution in [0.3, 0.4) is 0 Å². The lowest BCUT2D eigenvalue weighted by atomic mass is 9.72. The number of amides is 6. The quantitative estimate of drug-likeness (QED) is 0.0222. The fourth-order valence-electron chi connectivity index (χ4n) is 11.9. The average molecular weight is 1220 g/mol. The Bertz CT molecular complexity index is 3970. The molecule has 22 nitrogen and oxygen atoms in total. The molecule has 3 fully saturated rings. The highest BCUT2D eigenvalue weighted by atomic mass is 35.5. The van der Waals surface area contributed by atoms with Gasteiger partial charge in [0.1, 0.15) is 42.1 Å². The Labute approximate surface area is 506 Å². The summed E-state index contributed by atoms with van der Waals surface area (Å²) in [5.74, 6) is 2.17. The van der Waals surface area contributed by atoms with Gasteiger partial charge in [0.05, 0.1) is 32.7 Å². The van der Waals surface area contributed by atoms with Crippen LogP contribution in [0.2, 0.25) is 5.02 Å². The molecule has 1 atom stereocenters. The van der Waals surface area contributed by atoms with Crippen molar-refractivity contribution in [2.45, 2.75) is 69.7 Å². The number of nitro benzene ring substituents is 1. The van der Waals surface area contributed by atoms with Gasteiger partial charge >= 0.3 is 0 Å². The minimum atomic E-state index is -4.69. The van der Waals surface area contributed by atoms with Crippen molar-refractivity contribution in [3.63, 3.8) is 0 Å². The molecule has 3 saturated heterocycles. The number of pyridine rings is 1. The number of rotatable bonds is 17. The maximum Gasteiger partial charge on any atom is 0.293 e. The van der Waals surface area contributed by atoms with E-state index in [0.717, 1.165) is 60.9 Å². The van der Waals surface area contributed by atoms with E-state index in [-0.39, 0.29) is 83.5 Å². The Morgan fingerprint density at radius 1 is 0.908 bits per heavy atom. The highest BCUT2D eigenvalue weighted by Crippen LogP contribution is 2.44. The van der Waals surface area contributed by atoms with Crippen LogP contribution >= 0.6 is 11.6 Å². The second-order valence-electron chi connectivity index (χ2n) is 23.1. The molecule has 4 aromatic carbocycles. The first-order chi connectivity index (χ1) is 41.8. The third-order valence-corrected chi connectivity index (χ3v) is 18.3. The zero-order chi connectivity index (χ0) is 61.1. The molecule has 0 radical (unpaired) electrons. The third-order valence-electron chi connectivity index (χ3n) is 16.7. The van der Waals surface area contributed by atoms with Crippen LogP contribution in [0.1, 0.15) is 101 Å². The number of H-pyrrole nitrogens is 1. The number of ether oxygens (including phenoxy) is 2. The van der Waals surface area contributed by atoms with Gasteiger partial charge in [0.2, 0.25) is 17.7 Å². The molecule has 4 N–H and O–H groups in total. The SMILES string of the molecule is CC1(C)CCC(CN2CCN(c3ccc(C(=O)NS(=O)(=O)c4ccc(NCC5CCN(C(=O)COCC#Cc6cccc7c6C(=O)N(C6CCC(=O)NC6=O)C7=O)CC5)c([N+](=O)[O-])c4)c(Oc4cnc5[nH]ccc5c4)c3)CC2)=C(c2ccc(Cl)cc2)C1. The summed E-state index contributed by atoms with van der Waals surface area (Å²) in [6.07, 6.45) is 7.46. The molecule has 6 amide bonds. The fraction of sp³-hybridized carbons (Fsp3) is 0.349. The van der Waals surface area contributed by atoms with Crippen LogP contribution in [-0.4, -0.2) is 145 Å². The topological polar surface area (TPSA) is 276 Å². The number of hydrogen-bond donors (Lipinski definition) is 4. The predicted molar refractivity (Wildman–Crippen MR) is 324 cm³/mol. The normalized spacial score (nSPS) is 18.3. The van der Waals surface area contributed by atoms with Crippen LogP contribution in [0, 0.1) is 33.3 Å². The number of aromatic amines is 1. The summed E-state index contributed by atoms with van der Waals surface area (Å²) in [6.45, 7) is 9.01. The number of carbonyl (C=O) groups excluding carboxylic acids is 6. The summed E-state index contributed by atoms with van der Waals surface area (Å²) >= 11 is 6.26. The van der Waals surface area contributed by atoms with Crippen molar-refractivity contribution in [1.29, 1.82) is 0 Å². The van der Waals surface area contributed by atoms with Crippen LogP contribution < -0.4 is 25.0 Å². The van der Waals surface area contributed by atoms with E-state index in [2.05, 4.69) is 72.9 Å². The molecule has 2 aromatic heterocycles. The van der Waals surface area contributed by atoms with E-state index in [0.29, 0.717) is 55.4 Å². The number of imide groups is 2. The Morgan fingerprint density at radius 2 is 1.69 bits per heavy atom. The number of piperidine rings is 2. The molecule has 1 unspecified atom stereocenters. The van der Waals surface area contributed by atoms with Crippen molar-refractivity contribution in [2.75, 3.05) is 75.8 Å². The van der Waals surface area contributed by atoms with E-state index < -0.39 is 61.1 Å².